The summed E-state index contributed by atoms with van der Waals surface area (Å²) in [4.78, 5) is 17.7. The number of rotatable bonds is 10. The summed E-state index contributed by atoms with van der Waals surface area (Å²) >= 11 is 0. The number of ether oxygens (including phenoxy) is 1. The van der Waals surface area contributed by atoms with E-state index in [2.05, 4.69) is 57.1 Å². The van der Waals surface area contributed by atoms with Crippen molar-refractivity contribution in [2.24, 2.45) is 4.40 Å². The Hall–Kier alpha value is -3.47. The number of nitrogens with zero attached hydrogens (tertiary/aromatic N) is 4. The average molecular weight is 598 g/mol. The van der Waals surface area contributed by atoms with Gasteiger partial charge in [0, 0.05) is 51.1 Å². The smallest absolute Gasteiger partial charge is 0.291 e. The van der Waals surface area contributed by atoms with Gasteiger partial charge in [0.05, 0.1) is 6.26 Å². The van der Waals surface area contributed by atoms with E-state index in [4.69, 9.17) is 4.74 Å². The third-order valence-corrected chi connectivity index (χ3v) is 9.23. The van der Waals surface area contributed by atoms with Crippen molar-refractivity contribution in [1.82, 2.24) is 20.2 Å². The first-order valence-corrected chi connectivity index (χ1v) is 19.4. The number of nitriles is 1. The standard InChI is InChI=1S/C28H39N7O4SSi/c1-40(37,38)34-28-30-16-22(17-31-28)21-10-11-25(24(14-21)20-8-6-5-7-9-20)33-27(36)26-32-23(15-29)18-35(26)19-39-12-13-41(2,3)4/h8,10-11,14,18,22H,5-7,9,12-13,16-17,19H2,1-4H3,(H,33,36)(H2,30,31,34). The molecule has 4 rings (SSSR count). The minimum atomic E-state index is -3.50. The van der Waals surface area contributed by atoms with Crippen molar-refractivity contribution in [3.63, 3.8) is 0 Å². The molecule has 13 heteroatoms. The fourth-order valence-corrected chi connectivity index (χ4v) is 6.00. The van der Waals surface area contributed by atoms with Crippen LogP contribution in [0.3, 0.4) is 0 Å². The van der Waals surface area contributed by atoms with Crippen LogP contribution in [-0.4, -0.2) is 63.9 Å². The Morgan fingerprint density at radius 1 is 1.27 bits per heavy atom. The topological polar surface area (TPSA) is 150 Å². The molecule has 1 aromatic heterocycles. The second-order valence-corrected chi connectivity index (χ2v) is 19.0. The van der Waals surface area contributed by atoms with E-state index in [9.17, 15) is 18.5 Å². The second-order valence-electron chi connectivity index (χ2n) is 11.7. The van der Waals surface area contributed by atoms with Gasteiger partial charge in [0.25, 0.3) is 15.9 Å². The Balaban J connectivity index is 1.55. The molecule has 0 radical (unpaired) electrons. The average Bonchev–Trinajstić information content (AvgIpc) is 3.34. The van der Waals surface area contributed by atoms with Gasteiger partial charge in [-0.2, -0.15) is 5.26 Å². The predicted molar refractivity (Wildman–Crippen MR) is 163 cm³/mol. The first kappa shape index (κ1) is 30.5. The maximum absolute atomic E-state index is 13.5. The molecule has 1 amide bonds. The number of hydrogen-bond donors (Lipinski definition) is 3. The van der Waals surface area contributed by atoms with Gasteiger partial charge in [-0.3, -0.25) is 4.79 Å². The zero-order chi connectivity index (χ0) is 29.6. The van der Waals surface area contributed by atoms with Crippen LogP contribution in [0.15, 0.2) is 34.9 Å². The molecular weight excluding hydrogens is 559 g/mol. The van der Waals surface area contributed by atoms with Crippen molar-refractivity contribution in [3.05, 3.63) is 53.1 Å². The van der Waals surface area contributed by atoms with E-state index in [0.29, 0.717) is 25.4 Å². The van der Waals surface area contributed by atoms with Gasteiger partial charge in [0.2, 0.25) is 11.8 Å². The van der Waals surface area contributed by atoms with Gasteiger partial charge in [-0.05, 0) is 55.0 Å². The van der Waals surface area contributed by atoms with Crippen LogP contribution < -0.4 is 16.0 Å². The molecule has 1 saturated heterocycles. The lowest BCUT2D eigenvalue weighted by Gasteiger charge is -2.27. The molecule has 1 aliphatic carbocycles. The van der Waals surface area contributed by atoms with E-state index >= 15 is 0 Å². The summed E-state index contributed by atoms with van der Waals surface area (Å²) in [6.07, 6.45) is 8.94. The third-order valence-electron chi connectivity index (χ3n) is 7.01. The van der Waals surface area contributed by atoms with Crippen LogP contribution in [0.5, 0.6) is 0 Å². The summed E-state index contributed by atoms with van der Waals surface area (Å²) in [5, 5.41) is 18.6. The summed E-state index contributed by atoms with van der Waals surface area (Å²) in [5.74, 6) is 0.0417. The summed E-state index contributed by atoms with van der Waals surface area (Å²) in [6.45, 7) is 8.60. The zero-order valence-electron chi connectivity index (χ0n) is 24.2. The SMILES string of the molecule is C[Si](C)(C)CCOCn1cc(C#N)nc1C(=O)Nc1ccc(C2CNC(=NS(C)(=O)=O)NC2)cc1C1=CCCCC1. The zero-order valence-corrected chi connectivity index (χ0v) is 26.0. The molecule has 2 heterocycles. The predicted octanol–water partition coefficient (Wildman–Crippen LogP) is 3.87. The van der Waals surface area contributed by atoms with Crippen LogP contribution in [0.2, 0.25) is 25.7 Å². The summed E-state index contributed by atoms with van der Waals surface area (Å²) in [7, 11) is -4.76. The lowest BCUT2D eigenvalue weighted by Crippen LogP contribution is -2.48. The lowest BCUT2D eigenvalue weighted by molar-refractivity contribution is 0.0808. The Bertz CT molecular complexity index is 1480. The van der Waals surface area contributed by atoms with E-state index in [0.717, 1.165) is 49.1 Å². The Morgan fingerprint density at radius 2 is 2.02 bits per heavy atom. The number of nitrogens with one attached hydrogen (secondary N) is 3. The molecule has 3 N–H and O–H groups in total. The van der Waals surface area contributed by atoms with Crippen molar-refractivity contribution in [1.29, 1.82) is 5.26 Å². The van der Waals surface area contributed by atoms with E-state index in [1.54, 1.807) is 10.8 Å². The maximum atomic E-state index is 13.5. The van der Waals surface area contributed by atoms with Gasteiger partial charge >= 0.3 is 0 Å². The van der Waals surface area contributed by atoms with Crippen molar-refractivity contribution in [2.75, 3.05) is 31.3 Å². The Morgan fingerprint density at radius 3 is 2.66 bits per heavy atom. The second kappa shape index (κ2) is 13.0. The highest BCUT2D eigenvalue weighted by Crippen LogP contribution is 2.34. The molecule has 0 unspecified atom stereocenters. The molecule has 41 heavy (non-hydrogen) atoms. The molecule has 2 aliphatic rings. The fraction of sp³-hybridized carbons (Fsp3) is 0.500. The molecule has 1 aromatic carbocycles. The number of allylic oxidation sites excluding steroid dienone is 2. The number of sulfonamides is 1. The lowest BCUT2D eigenvalue weighted by atomic mass is 9.88. The number of benzene rings is 1. The number of guanidine groups is 1. The number of carbonyl (C=O) groups is 1. The van der Waals surface area contributed by atoms with Gasteiger partial charge in [-0.15, -0.1) is 4.40 Å². The number of hydrogen-bond acceptors (Lipinski definition) is 6. The van der Waals surface area contributed by atoms with Gasteiger partial charge in [-0.25, -0.2) is 13.4 Å². The van der Waals surface area contributed by atoms with E-state index < -0.39 is 24.0 Å². The Labute approximate surface area is 243 Å². The molecule has 0 spiro atoms. The highest BCUT2D eigenvalue weighted by Gasteiger charge is 2.23. The van der Waals surface area contributed by atoms with Crippen LogP contribution in [0.4, 0.5) is 5.69 Å². The van der Waals surface area contributed by atoms with Gasteiger partial charge in [0.1, 0.15) is 12.8 Å². The molecule has 2 aromatic rings. The normalized spacial score (nSPS) is 17.6. The molecule has 0 atom stereocenters. The van der Waals surface area contributed by atoms with Crippen LogP contribution in [0, 0.1) is 11.3 Å². The van der Waals surface area contributed by atoms with Gasteiger partial charge in [-0.1, -0.05) is 31.8 Å². The fourth-order valence-electron chi connectivity index (χ4n) is 4.78. The summed E-state index contributed by atoms with van der Waals surface area (Å²) < 4.78 is 34.1. The number of amides is 1. The molecule has 220 valence electrons. The van der Waals surface area contributed by atoms with Crippen LogP contribution in [-0.2, 0) is 21.5 Å². The van der Waals surface area contributed by atoms with Crippen LogP contribution in [0.1, 0.15) is 59.0 Å². The summed E-state index contributed by atoms with van der Waals surface area (Å²) in [6, 6.07) is 9.00. The number of aromatic nitrogens is 2. The minimum absolute atomic E-state index is 0.0756. The number of anilines is 1. The van der Waals surface area contributed by atoms with E-state index in [1.165, 1.54) is 5.57 Å². The molecular formula is C28H39N7O4SSi. The number of imidazole rings is 1. The summed E-state index contributed by atoms with van der Waals surface area (Å²) in [5.41, 5.74) is 4.03. The van der Waals surface area contributed by atoms with Crippen molar-refractivity contribution in [3.8, 4) is 6.07 Å². The third kappa shape index (κ3) is 8.75. The first-order chi connectivity index (χ1) is 19.4. The minimum Gasteiger partial charge on any atom is -0.361 e. The Kier molecular flexibility index (Phi) is 9.67. The van der Waals surface area contributed by atoms with E-state index in [-0.39, 0.29) is 30.1 Å². The van der Waals surface area contributed by atoms with Crippen LogP contribution in [0.25, 0.3) is 5.57 Å². The van der Waals surface area contributed by atoms with Crippen LogP contribution >= 0.6 is 0 Å². The van der Waals surface area contributed by atoms with Gasteiger partial charge in [0.15, 0.2) is 5.69 Å². The number of carbonyl (C=O) groups excluding carboxylic acids is 1. The molecule has 0 saturated carbocycles. The highest BCUT2D eigenvalue weighted by atomic mass is 32.2. The molecule has 1 aliphatic heterocycles. The molecule has 1 fully saturated rings. The molecule has 0 bridgehead atoms. The first-order valence-electron chi connectivity index (χ1n) is 13.9. The highest BCUT2D eigenvalue weighted by molar-refractivity contribution is 7.89. The quantitative estimate of drug-likeness (QED) is 0.276. The van der Waals surface area contributed by atoms with Crippen molar-refractivity contribution in [2.45, 2.75) is 64.0 Å². The van der Waals surface area contributed by atoms with Gasteiger partial charge < -0.3 is 25.3 Å². The van der Waals surface area contributed by atoms with Crippen molar-refractivity contribution < 1.29 is 17.9 Å². The molecule has 11 nitrogen and oxygen atoms in total. The maximum Gasteiger partial charge on any atom is 0.291 e. The largest absolute Gasteiger partial charge is 0.361 e. The van der Waals surface area contributed by atoms with Crippen molar-refractivity contribution >= 4 is 41.2 Å². The van der Waals surface area contributed by atoms with E-state index in [1.807, 2.05) is 18.2 Å². The monoisotopic (exact) mass is 597 g/mol.